The number of thiophene rings is 1. The first-order valence-corrected chi connectivity index (χ1v) is 9.75. The SMILES string of the molecule is Cn1ncc(Br)c1-c1cc(C(=O)C[C@H](CN)c2ccccc2)sc1Cl. The predicted octanol–water partition coefficient (Wildman–Crippen LogP) is 4.88. The zero-order chi connectivity index (χ0) is 18.0. The van der Waals surface area contributed by atoms with Gasteiger partial charge in [0.2, 0.25) is 0 Å². The van der Waals surface area contributed by atoms with Crippen molar-refractivity contribution in [2.75, 3.05) is 6.54 Å². The highest BCUT2D eigenvalue weighted by molar-refractivity contribution is 9.10. The second-order valence-corrected chi connectivity index (χ2v) is 8.24. The summed E-state index contributed by atoms with van der Waals surface area (Å²) in [5, 5.41) is 4.20. The number of carbonyl (C=O) groups excluding carboxylic acids is 1. The van der Waals surface area contributed by atoms with Gasteiger partial charge in [0, 0.05) is 24.9 Å². The highest BCUT2D eigenvalue weighted by Crippen LogP contribution is 2.39. The molecule has 2 heterocycles. The Morgan fingerprint density at radius 3 is 2.72 bits per heavy atom. The average Bonchev–Trinajstić information content (AvgIpc) is 3.15. The first-order valence-electron chi connectivity index (χ1n) is 7.76. The number of halogens is 2. The summed E-state index contributed by atoms with van der Waals surface area (Å²) in [5.41, 5.74) is 8.64. The third-order valence-electron chi connectivity index (χ3n) is 4.10. The molecule has 3 aromatic rings. The molecule has 0 fully saturated rings. The van der Waals surface area contributed by atoms with Crippen molar-refractivity contribution in [2.24, 2.45) is 12.8 Å². The summed E-state index contributed by atoms with van der Waals surface area (Å²) in [5.74, 6) is 0.0530. The normalized spacial score (nSPS) is 12.3. The van der Waals surface area contributed by atoms with Crippen molar-refractivity contribution in [2.45, 2.75) is 12.3 Å². The number of aromatic nitrogens is 2. The van der Waals surface area contributed by atoms with Crippen molar-refractivity contribution < 1.29 is 4.79 Å². The molecule has 1 atom stereocenters. The van der Waals surface area contributed by atoms with Crippen molar-refractivity contribution in [3.05, 3.63) is 61.8 Å². The number of hydrogen-bond acceptors (Lipinski definition) is 4. The Morgan fingerprint density at radius 2 is 2.12 bits per heavy atom. The van der Waals surface area contributed by atoms with Gasteiger partial charge in [-0.2, -0.15) is 5.10 Å². The lowest BCUT2D eigenvalue weighted by Gasteiger charge is -2.13. The summed E-state index contributed by atoms with van der Waals surface area (Å²) < 4.78 is 3.16. The molecule has 0 unspecified atom stereocenters. The summed E-state index contributed by atoms with van der Waals surface area (Å²) in [6.45, 7) is 0.426. The molecule has 130 valence electrons. The molecular formula is C18H17BrClN3OS. The molecule has 0 bridgehead atoms. The van der Waals surface area contributed by atoms with Gasteiger partial charge in [0.1, 0.15) is 4.34 Å². The van der Waals surface area contributed by atoms with Crippen LogP contribution < -0.4 is 5.73 Å². The van der Waals surface area contributed by atoms with Crippen LogP contribution in [0.3, 0.4) is 0 Å². The zero-order valence-corrected chi connectivity index (χ0v) is 16.7. The lowest BCUT2D eigenvalue weighted by molar-refractivity contribution is 0.0978. The minimum Gasteiger partial charge on any atom is -0.330 e. The molecule has 4 nitrogen and oxygen atoms in total. The van der Waals surface area contributed by atoms with Gasteiger partial charge in [-0.3, -0.25) is 9.48 Å². The van der Waals surface area contributed by atoms with E-state index in [1.807, 2.05) is 43.4 Å². The second kappa shape index (κ2) is 7.83. The van der Waals surface area contributed by atoms with Crippen LogP contribution in [0, 0.1) is 0 Å². The van der Waals surface area contributed by atoms with E-state index in [0.717, 1.165) is 21.3 Å². The fourth-order valence-electron chi connectivity index (χ4n) is 2.77. The van der Waals surface area contributed by atoms with E-state index in [2.05, 4.69) is 21.0 Å². The zero-order valence-electron chi connectivity index (χ0n) is 13.6. The van der Waals surface area contributed by atoms with Crippen LogP contribution in [0.25, 0.3) is 11.3 Å². The van der Waals surface area contributed by atoms with E-state index in [1.165, 1.54) is 11.3 Å². The lowest BCUT2D eigenvalue weighted by atomic mass is 9.93. The van der Waals surface area contributed by atoms with Crippen molar-refractivity contribution in [3.8, 4) is 11.3 Å². The Kier molecular flexibility index (Phi) is 5.74. The molecule has 2 aromatic heterocycles. The Hall–Kier alpha value is -1.47. The van der Waals surface area contributed by atoms with Gasteiger partial charge in [-0.1, -0.05) is 41.9 Å². The molecule has 1 aromatic carbocycles. The Bertz CT molecular complexity index is 872. The number of benzene rings is 1. The van der Waals surface area contributed by atoms with E-state index < -0.39 is 0 Å². The van der Waals surface area contributed by atoms with Crippen LogP contribution >= 0.6 is 38.9 Å². The highest BCUT2D eigenvalue weighted by atomic mass is 79.9. The molecule has 0 saturated carbocycles. The van der Waals surface area contributed by atoms with E-state index in [-0.39, 0.29) is 11.7 Å². The van der Waals surface area contributed by atoms with Crippen LogP contribution in [-0.4, -0.2) is 22.1 Å². The highest BCUT2D eigenvalue weighted by Gasteiger charge is 2.21. The minimum absolute atomic E-state index is 0.00136. The molecule has 0 aliphatic heterocycles. The molecule has 0 spiro atoms. The maximum absolute atomic E-state index is 12.8. The van der Waals surface area contributed by atoms with Gasteiger partial charge in [-0.25, -0.2) is 0 Å². The molecule has 2 N–H and O–H groups in total. The molecule has 0 aliphatic rings. The van der Waals surface area contributed by atoms with E-state index in [9.17, 15) is 4.79 Å². The monoisotopic (exact) mass is 437 g/mol. The smallest absolute Gasteiger partial charge is 0.173 e. The Balaban J connectivity index is 1.85. The first kappa shape index (κ1) is 18.3. The lowest BCUT2D eigenvalue weighted by Crippen LogP contribution is -2.16. The summed E-state index contributed by atoms with van der Waals surface area (Å²) in [6.07, 6.45) is 2.08. The molecule has 0 aliphatic carbocycles. The third kappa shape index (κ3) is 3.87. The van der Waals surface area contributed by atoms with E-state index >= 15 is 0 Å². The third-order valence-corrected chi connectivity index (χ3v) is 6.08. The van der Waals surface area contributed by atoms with E-state index in [1.54, 1.807) is 10.9 Å². The van der Waals surface area contributed by atoms with Crippen LogP contribution in [0.4, 0.5) is 0 Å². The van der Waals surface area contributed by atoms with Crippen molar-refractivity contribution in [1.29, 1.82) is 0 Å². The van der Waals surface area contributed by atoms with E-state index in [4.69, 9.17) is 17.3 Å². The number of Topliss-reactive ketones (excluding diaryl/α,β-unsaturated/α-hetero) is 1. The molecular weight excluding hydrogens is 422 g/mol. The number of nitrogens with two attached hydrogens (primary N) is 1. The fourth-order valence-corrected chi connectivity index (χ4v) is 4.56. The van der Waals surface area contributed by atoms with Gasteiger partial charge < -0.3 is 5.73 Å². The van der Waals surface area contributed by atoms with Gasteiger partial charge in [0.05, 0.1) is 21.2 Å². The van der Waals surface area contributed by atoms with Gasteiger partial charge in [0.15, 0.2) is 5.78 Å². The molecule has 25 heavy (non-hydrogen) atoms. The summed E-state index contributed by atoms with van der Waals surface area (Å²) in [6, 6.07) is 11.7. The standard InChI is InChI=1S/C18H17BrClN3OS/c1-23-17(14(19)10-22-23)13-8-16(25-18(13)20)15(24)7-12(9-21)11-5-3-2-4-6-11/h2-6,8,10,12H,7,9,21H2,1H3/t12-/m1/s1. The van der Waals surface area contributed by atoms with Crippen molar-refractivity contribution in [1.82, 2.24) is 9.78 Å². The molecule has 0 radical (unpaired) electrons. The van der Waals surface area contributed by atoms with Crippen molar-refractivity contribution >= 4 is 44.7 Å². The number of ketones is 1. The van der Waals surface area contributed by atoms with Crippen molar-refractivity contribution in [3.63, 3.8) is 0 Å². The van der Waals surface area contributed by atoms with Gasteiger partial charge in [-0.15, -0.1) is 11.3 Å². The summed E-state index contributed by atoms with van der Waals surface area (Å²) >= 11 is 11.2. The summed E-state index contributed by atoms with van der Waals surface area (Å²) in [7, 11) is 1.84. The Labute approximate surface area is 163 Å². The minimum atomic E-state index is 0.00136. The number of rotatable bonds is 6. The van der Waals surface area contributed by atoms with Crippen LogP contribution in [0.2, 0.25) is 4.34 Å². The predicted molar refractivity (Wildman–Crippen MR) is 106 cm³/mol. The number of hydrogen-bond donors (Lipinski definition) is 1. The fraction of sp³-hybridized carbons (Fsp3) is 0.222. The molecule has 0 saturated heterocycles. The number of carbonyl (C=O) groups is 1. The van der Waals surface area contributed by atoms with Crippen LogP contribution in [0.1, 0.15) is 27.6 Å². The quantitative estimate of drug-likeness (QED) is 0.558. The molecule has 7 heteroatoms. The van der Waals surface area contributed by atoms with Gasteiger partial charge in [0.25, 0.3) is 0 Å². The maximum Gasteiger partial charge on any atom is 0.173 e. The largest absolute Gasteiger partial charge is 0.330 e. The molecule has 0 amide bonds. The van der Waals surface area contributed by atoms with Crippen LogP contribution in [0.15, 0.2) is 47.1 Å². The first-order chi connectivity index (χ1) is 12.0. The maximum atomic E-state index is 12.8. The summed E-state index contributed by atoms with van der Waals surface area (Å²) in [4.78, 5) is 13.4. The topological polar surface area (TPSA) is 60.9 Å². The molecule has 3 rings (SSSR count). The number of aryl methyl sites for hydroxylation is 1. The van der Waals surface area contributed by atoms with Crippen LogP contribution in [0.5, 0.6) is 0 Å². The van der Waals surface area contributed by atoms with Gasteiger partial charge >= 0.3 is 0 Å². The average molecular weight is 439 g/mol. The van der Waals surface area contributed by atoms with Crippen LogP contribution in [-0.2, 0) is 7.05 Å². The van der Waals surface area contributed by atoms with E-state index in [0.29, 0.717) is 22.2 Å². The second-order valence-electron chi connectivity index (χ2n) is 5.73. The Morgan fingerprint density at radius 1 is 1.40 bits per heavy atom. The van der Waals surface area contributed by atoms with Gasteiger partial charge in [-0.05, 0) is 34.1 Å². The number of nitrogens with zero attached hydrogens (tertiary/aromatic N) is 2.